The standard InChI is InChI=1S/C13H13N3O2S/c1-19-13-14-7-11(8-15-17)12(16-13)18-9-10-5-3-2-4-6-10/h2-8,17H,9H2,1H3/b15-8+. The molecule has 0 amide bonds. The lowest BCUT2D eigenvalue weighted by atomic mass is 10.2. The van der Waals surface area contributed by atoms with E-state index in [0.29, 0.717) is 23.2 Å². The van der Waals surface area contributed by atoms with Crippen LogP contribution in [0.2, 0.25) is 0 Å². The summed E-state index contributed by atoms with van der Waals surface area (Å²) in [6.45, 7) is 0.401. The molecule has 0 saturated carbocycles. The Kier molecular flexibility index (Phi) is 4.74. The zero-order chi connectivity index (χ0) is 13.5. The first-order chi connectivity index (χ1) is 9.33. The monoisotopic (exact) mass is 275 g/mol. The molecule has 1 heterocycles. The summed E-state index contributed by atoms with van der Waals surface area (Å²) < 4.78 is 5.65. The van der Waals surface area contributed by atoms with Gasteiger partial charge in [-0.05, 0) is 11.8 Å². The summed E-state index contributed by atoms with van der Waals surface area (Å²) >= 11 is 1.42. The highest BCUT2D eigenvalue weighted by atomic mass is 32.2. The number of aromatic nitrogens is 2. The molecule has 0 unspecified atom stereocenters. The van der Waals surface area contributed by atoms with Crippen LogP contribution >= 0.6 is 11.8 Å². The topological polar surface area (TPSA) is 67.6 Å². The summed E-state index contributed by atoms with van der Waals surface area (Å²) in [6.07, 6.45) is 4.71. The maximum absolute atomic E-state index is 8.61. The summed E-state index contributed by atoms with van der Waals surface area (Å²) in [5.74, 6) is 0.404. The molecule has 19 heavy (non-hydrogen) atoms. The van der Waals surface area contributed by atoms with Gasteiger partial charge in [0, 0.05) is 6.20 Å². The molecular formula is C13H13N3O2S. The van der Waals surface area contributed by atoms with Gasteiger partial charge in [-0.25, -0.2) is 4.98 Å². The summed E-state index contributed by atoms with van der Waals surface area (Å²) in [5, 5.41) is 12.2. The highest BCUT2D eigenvalue weighted by molar-refractivity contribution is 7.98. The van der Waals surface area contributed by atoms with Crippen molar-refractivity contribution in [3.63, 3.8) is 0 Å². The van der Waals surface area contributed by atoms with Crippen molar-refractivity contribution in [3.05, 3.63) is 47.7 Å². The highest BCUT2D eigenvalue weighted by Gasteiger charge is 2.07. The number of rotatable bonds is 5. The van der Waals surface area contributed by atoms with Crippen molar-refractivity contribution in [1.82, 2.24) is 9.97 Å². The smallest absolute Gasteiger partial charge is 0.226 e. The van der Waals surface area contributed by atoms with Crippen molar-refractivity contribution in [3.8, 4) is 5.88 Å². The van der Waals surface area contributed by atoms with E-state index in [1.54, 1.807) is 6.20 Å². The SMILES string of the molecule is CSc1ncc(/C=N/O)c(OCc2ccccc2)n1. The van der Waals surface area contributed by atoms with Gasteiger partial charge >= 0.3 is 0 Å². The van der Waals surface area contributed by atoms with E-state index in [-0.39, 0.29) is 0 Å². The second kappa shape index (κ2) is 6.75. The van der Waals surface area contributed by atoms with E-state index >= 15 is 0 Å². The Labute approximate surface area is 115 Å². The van der Waals surface area contributed by atoms with Gasteiger partial charge in [-0.1, -0.05) is 47.2 Å². The number of oxime groups is 1. The van der Waals surface area contributed by atoms with Crippen molar-refractivity contribution in [2.24, 2.45) is 5.16 Å². The molecule has 2 rings (SSSR count). The van der Waals surface area contributed by atoms with Crippen LogP contribution in [0.15, 0.2) is 46.8 Å². The van der Waals surface area contributed by atoms with E-state index in [1.165, 1.54) is 18.0 Å². The zero-order valence-corrected chi connectivity index (χ0v) is 11.2. The molecule has 98 valence electrons. The summed E-state index contributed by atoms with van der Waals surface area (Å²) in [7, 11) is 0. The van der Waals surface area contributed by atoms with Crippen LogP contribution in [-0.2, 0) is 6.61 Å². The maximum Gasteiger partial charge on any atom is 0.226 e. The van der Waals surface area contributed by atoms with Crippen molar-refractivity contribution >= 4 is 18.0 Å². The van der Waals surface area contributed by atoms with E-state index < -0.39 is 0 Å². The number of thioether (sulfide) groups is 1. The van der Waals surface area contributed by atoms with Gasteiger partial charge in [-0.15, -0.1) is 0 Å². The first-order valence-electron chi connectivity index (χ1n) is 5.58. The molecule has 0 radical (unpaired) electrons. The number of hydrogen-bond acceptors (Lipinski definition) is 6. The predicted molar refractivity (Wildman–Crippen MR) is 74.0 cm³/mol. The lowest BCUT2D eigenvalue weighted by molar-refractivity contribution is 0.289. The summed E-state index contributed by atoms with van der Waals surface area (Å²) in [6, 6.07) is 9.78. The highest BCUT2D eigenvalue weighted by Crippen LogP contribution is 2.18. The molecule has 0 saturated heterocycles. The molecule has 1 aromatic carbocycles. The van der Waals surface area contributed by atoms with Crippen molar-refractivity contribution in [2.45, 2.75) is 11.8 Å². The largest absolute Gasteiger partial charge is 0.472 e. The van der Waals surface area contributed by atoms with Crippen molar-refractivity contribution in [1.29, 1.82) is 0 Å². The Morgan fingerprint density at radius 3 is 2.84 bits per heavy atom. The van der Waals surface area contributed by atoms with Crippen LogP contribution in [-0.4, -0.2) is 27.6 Å². The molecule has 0 aliphatic rings. The van der Waals surface area contributed by atoms with Crippen LogP contribution in [0.25, 0.3) is 0 Å². The van der Waals surface area contributed by atoms with Crippen LogP contribution in [0.5, 0.6) is 5.88 Å². The van der Waals surface area contributed by atoms with E-state index in [2.05, 4.69) is 15.1 Å². The lowest BCUT2D eigenvalue weighted by Gasteiger charge is -2.08. The third-order valence-electron chi connectivity index (χ3n) is 2.36. The van der Waals surface area contributed by atoms with E-state index in [9.17, 15) is 0 Å². The number of benzene rings is 1. The molecular weight excluding hydrogens is 262 g/mol. The molecule has 2 aromatic rings. The first-order valence-corrected chi connectivity index (χ1v) is 6.81. The molecule has 0 spiro atoms. The Bertz CT molecular complexity index is 561. The number of ether oxygens (including phenoxy) is 1. The number of nitrogens with zero attached hydrogens (tertiary/aromatic N) is 3. The molecule has 0 fully saturated rings. The minimum absolute atomic E-state index is 0.401. The van der Waals surface area contributed by atoms with E-state index in [4.69, 9.17) is 9.94 Å². The normalized spacial score (nSPS) is 10.8. The zero-order valence-electron chi connectivity index (χ0n) is 10.4. The van der Waals surface area contributed by atoms with Crippen LogP contribution in [0.4, 0.5) is 0 Å². The molecule has 0 atom stereocenters. The third-order valence-corrected chi connectivity index (χ3v) is 2.92. The second-order valence-electron chi connectivity index (χ2n) is 3.64. The minimum Gasteiger partial charge on any atom is -0.472 e. The minimum atomic E-state index is 0.401. The van der Waals surface area contributed by atoms with Gasteiger partial charge < -0.3 is 9.94 Å². The van der Waals surface area contributed by atoms with Crippen molar-refractivity contribution < 1.29 is 9.94 Å². The fourth-order valence-electron chi connectivity index (χ4n) is 1.45. The predicted octanol–water partition coefficient (Wildman–Crippen LogP) is 2.59. The molecule has 0 aliphatic heterocycles. The van der Waals surface area contributed by atoms with E-state index in [0.717, 1.165) is 5.56 Å². The molecule has 0 aliphatic carbocycles. The molecule has 5 nitrogen and oxygen atoms in total. The molecule has 6 heteroatoms. The second-order valence-corrected chi connectivity index (χ2v) is 4.41. The average Bonchev–Trinajstić information content (AvgIpc) is 2.47. The van der Waals surface area contributed by atoms with Crippen LogP contribution in [0.3, 0.4) is 0 Å². The Balaban J connectivity index is 2.17. The molecule has 1 N–H and O–H groups in total. The van der Waals surface area contributed by atoms with Crippen LogP contribution in [0.1, 0.15) is 11.1 Å². The van der Waals surface area contributed by atoms with Crippen molar-refractivity contribution in [2.75, 3.05) is 6.26 Å². The van der Waals surface area contributed by atoms with Gasteiger partial charge in [0.25, 0.3) is 0 Å². The van der Waals surface area contributed by atoms with Gasteiger partial charge in [-0.3, -0.25) is 0 Å². The third kappa shape index (κ3) is 3.69. The van der Waals surface area contributed by atoms with Gasteiger partial charge in [-0.2, -0.15) is 4.98 Å². The summed E-state index contributed by atoms with van der Waals surface area (Å²) in [4.78, 5) is 8.35. The quantitative estimate of drug-likeness (QED) is 0.299. The van der Waals surface area contributed by atoms with Gasteiger partial charge in [0.05, 0.1) is 11.8 Å². The van der Waals surface area contributed by atoms with Crippen LogP contribution in [0, 0.1) is 0 Å². The van der Waals surface area contributed by atoms with Crippen LogP contribution < -0.4 is 4.74 Å². The fourth-order valence-corrected chi connectivity index (χ4v) is 1.78. The van der Waals surface area contributed by atoms with Gasteiger partial charge in [0.15, 0.2) is 5.16 Å². The number of hydrogen-bond donors (Lipinski definition) is 1. The fraction of sp³-hybridized carbons (Fsp3) is 0.154. The lowest BCUT2D eigenvalue weighted by Crippen LogP contribution is -2.02. The Morgan fingerprint density at radius 1 is 1.37 bits per heavy atom. The average molecular weight is 275 g/mol. The Morgan fingerprint density at radius 2 is 2.16 bits per heavy atom. The molecule has 1 aromatic heterocycles. The van der Waals surface area contributed by atoms with E-state index in [1.807, 2.05) is 36.6 Å². The summed E-state index contributed by atoms with van der Waals surface area (Å²) in [5.41, 5.74) is 1.58. The molecule has 0 bridgehead atoms. The van der Waals surface area contributed by atoms with Gasteiger partial charge in [0.1, 0.15) is 6.61 Å². The first kappa shape index (κ1) is 13.4. The Hall–Kier alpha value is -2.08. The van der Waals surface area contributed by atoms with Gasteiger partial charge in [0.2, 0.25) is 5.88 Å². The maximum atomic E-state index is 8.61.